The van der Waals surface area contributed by atoms with E-state index in [1.165, 1.54) is 24.4 Å². The van der Waals surface area contributed by atoms with Crippen molar-refractivity contribution in [2.45, 2.75) is 25.8 Å². The lowest BCUT2D eigenvalue weighted by Gasteiger charge is -2.21. The van der Waals surface area contributed by atoms with Gasteiger partial charge in [0.05, 0.1) is 7.11 Å². The van der Waals surface area contributed by atoms with Crippen molar-refractivity contribution in [1.29, 1.82) is 0 Å². The Kier molecular flexibility index (Phi) is 5.29. The maximum Gasteiger partial charge on any atom is 0.305 e. The smallest absolute Gasteiger partial charge is 0.305 e. The monoisotopic (exact) mass is 254 g/mol. The van der Waals surface area contributed by atoms with E-state index >= 15 is 0 Å². The molecule has 0 aromatic carbocycles. The molecule has 1 heterocycles. The highest BCUT2D eigenvalue weighted by molar-refractivity contribution is 5.79. The summed E-state index contributed by atoms with van der Waals surface area (Å²) in [4.78, 5) is 28.3. The van der Waals surface area contributed by atoms with Crippen LogP contribution in [0.4, 0.5) is 0 Å². The zero-order valence-electron chi connectivity index (χ0n) is 10.9. The number of ether oxygens (including phenoxy) is 1. The fraction of sp³-hybridized carbons (Fsp3) is 0.636. The quantitative estimate of drug-likeness (QED) is 0.680. The summed E-state index contributed by atoms with van der Waals surface area (Å²) in [6, 6.07) is -0.393. The summed E-state index contributed by atoms with van der Waals surface area (Å²) < 4.78 is 6.03. The van der Waals surface area contributed by atoms with Crippen LogP contribution in [0.25, 0.3) is 0 Å². The van der Waals surface area contributed by atoms with Gasteiger partial charge in [-0.3, -0.25) is 9.59 Å². The molecule has 0 aliphatic heterocycles. The summed E-state index contributed by atoms with van der Waals surface area (Å²) in [5.74, 6) is -0.328. The lowest BCUT2D eigenvalue weighted by molar-refractivity contribution is -0.141. The Morgan fingerprint density at radius 2 is 2.22 bits per heavy atom. The first-order valence-corrected chi connectivity index (χ1v) is 5.72. The van der Waals surface area contributed by atoms with Crippen LogP contribution in [0.3, 0.4) is 0 Å². The SMILES string of the molecule is COC(=O)CCCN(C)C(=O)C(C)n1cncn1. The highest BCUT2D eigenvalue weighted by atomic mass is 16.5. The van der Waals surface area contributed by atoms with Crippen LogP contribution in [0.2, 0.25) is 0 Å². The first kappa shape index (κ1) is 14.1. The van der Waals surface area contributed by atoms with Crippen LogP contribution in [0.5, 0.6) is 0 Å². The van der Waals surface area contributed by atoms with Crippen LogP contribution in [0, 0.1) is 0 Å². The fourth-order valence-electron chi connectivity index (χ4n) is 1.52. The van der Waals surface area contributed by atoms with Gasteiger partial charge < -0.3 is 9.64 Å². The molecule has 1 rings (SSSR count). The van der Waals surface area contributed by atoms with Gasteiger partial charge in [-0.05, 0) is 13.3 Å². The van der Waals surface area contributed by atoms with E-state index < -0.39 is 6.04 Å². The van der Waals surface area contributed by atoms with Gasteiger partial charge in [0.2, 0.25) is 5.91 Å². The van der Waals surface area contributed by atoms with Crippen molar-refractivity contribution in [3.8, 4) is 0 Å². The molecule has 0 fully saturated rings. The number of esters is 1. The average Bonchev–Trinajstić information content (AvgIpc) is 2.90. The topological polar surface area (TPSA) is 77.3 Å². The van der Waals surface area contributed by atoms with Crippen molar-refractivity contribution in [2.24, 2.45) is 0 Å². The van der Waals surface area contributed by atoms with Crippen LogP contribution >= 0.6 is 0 Å². The van der Waals surface area contributed by atoms with E-state index in [2.05, 4.69) is 14.8 Å². The zero-order chi connectivity index (χ0) is 13.5. The van der Waals surface area contributed by atoms with E-state index in [4.69, 9.17) is 0 Å². The molecule has 0 bridgehead atoms. The molecule has 1 unspecified atom stereocenters. The summed E-state index contributed by atoms with van der Waals surface area (Å²) in [5, 5.41) is 3.93. The number of hydrogen-bond acceptors (Lipinski definition) is 5. The summed E-state index contributed by atoms with van der Waals surface area (Å²) in [7, 11) is 3.05. The molecule has 0 radical (unpaired) electrons. The Labute approximate surface area is 106 Å². The van der Waals surface area contributed by atoms with Crippen LogP contribution in [-0.4, -0.2) is 52.2 Å². The summed E-state index contributed by atoms with van der Waals surface area (Å²) in [6.07, 6.45) is 3.79. The molecule has 0 aliphatic rings. The van der Waals surface area contributed by atoms with Gasteiger partial charge in [0.15, 0.2) is 0 Å². The minimum Gasteiger partial charge on any atom is -0.469 e. The van der Waals surface area contributed by atoms with Gasteiger partial charge >= 0.3 is 5.97 Å². The maximum atomic E-state index is 12.0. The molecule has 1 aromatic heterocycles. The number of rotatable bonds is 6. The molecule has 7 nitrogen and oxygen atoms in total. The molecule has 0 saturated heterocycles. The van der Waals surface area contributed by atoms with Gasteiger partial charge in [0.1, 0.15) is 18.7 Å². The lowest BCUT2D eigenvalue weighted by atomic mass is 10.2. The third kappa shape index (κ3) is 3.83. The van der Waals surface area contributed by atoms with E-state index in [0.29, 0.717) is 19.4 Å². The Balaban J connectivity index is 2.39. The molecule has 1 aromatic rings. The minimum absolute atomic E-state index is 0.0645. The first-order valence-electron chi connectivity index (χ1n) is 5.72. The molecule has 0 saturated carbocycles. The number of amides is 1. The van der Waals surface area contributed by atoms with Crippen molar-refractivity contribution >= 4 is 11.9 Å². The standard InChI is InChI=1S/C11H18N4O3/c1-9(15-8-12-7-13-15)11(17)14(2)6-4-5-10(16)18-3/h7-9H,4-6H2,1-3H3. The number of aromatic nitrogens is 3. The van der Waals surface area contributed by atoms with E-state index in [-0.39, 0.29) is 11.9 Å². The lowest BCUT2D eigenvalue weighted by Crippen LogP contribution is -2.34. The zero-order valence-corrected chi connectivity index (χ0v) is 10.9. The highest BCUT2D eigenvalue weighted by Gasteiger charge is 2.19. The average molecular weight is 254 g/mol. The fourth-order valence-corrected chi connectivity index (χ4v) is 1.52. The summed E-state index contributed by atoms with van der Waals surface area (Å²) in [5.41, 5.74) is 0. The van der Waals surface area contributed by atoms with Crippen molar-refractivity contribution in [3.63, 3.8) is 0 Å². The molecule has 100 valence electrons. The van der Waals surface area contributed by atoms with E-state index in [1.54, 1.807) is 18.9 Å². The third-order valence-corrected chi connectivity index (χ3v) is 2.67. The van der Waals surface area contributed by atoms with Gasteiger partial charge in [-0.1, -0.05) is 0 Å². The number of nitrogens with zero attached hydrogens (tertiary/aromatic N) is 4. The van der Waals surface area contributed by atoms with Gasteiger partial charge in [0, 0.05) is 20.0 Å². The predicted molar refractivity (Wildman–Crippen MR) is 63.6 cm³/mol. The Bertz CT molecular complexity index is 391. The number of hydrogen-bond donors (Lipinski definition) is 0. The van der Waals surface area contributed by atoms with Crippen LogP contribution in [-0.2, 0) is 14.3 Å². The number of carbonyl (C=O) groups is 2. The largest absolute Gasteiger partial charge is 0.469 e. The van der Waals surface area contributed by atoms with E-state index in [1.807, 2.05) is 0 Å². The number of methoxy groups -OCH3 is 1. The van der Waals surface area contributed by atoms with Gasteiger partial charge in [-0.2, -0.15) is 5.10 Å². The Hall–Kier alpha value is -1.92. The molecule has 1 amide bonds. The molecule has 7 heteroatoms. The predicted octanol–water partition coefficient (Wildman–Crippen LogP) is 0.251. The van der Waals surface area contributed by atoms with Gasteiger partial charge in [0.25, 0.3) is 0 Å². The van der Waals surface area contributed by atoms with Crippen LogP contribution < -0.4 is 0 Å². The summed E-state index contributed by atoms with van der Waals surface area (Å²) in [6.45, 7) is 2.26. The summed E-state index contributed by atoms with van der Waals surface area (Å²) >= 11 is 0. The number of likely N-dealkylation sites (N-methyl/N-ethyl adjacent to an activating group) is 1. The minimum atomic E-state index is -0.393. The van der Waals surface area contributed by atoms with Crippen LogP contribution in [0.15, 0.2) is 12.7 Å². The second kappa shape index (κ2) is 6.73. The highest BCUT2D eigenvalue weighted by Crippen LogP contribution is 2.07. The Morgan fingerprint density at radius 3 is 2.78 bits per heavy atom. The van der Waals surface area contributed by atoms with E-state index in [9.17, 15) is 9.59 Å². The molecular formula is C11H18N4O3. The van der Waals surface area contributed by atoms with Gasteiger partial charge in [-0.25, -0.2) is 9.67 Å². The van der Waals surface area contributed by atoms with Gasteiger partial charge in [-0.15, -0.1) is 0 Å². The van der Waals surface area contributed by atoms with Crippen LogP contribution in [0.1, 0.15) is 25.8 Å². The maximum absolute atomic E-state index is 12.0. The number of carbonyl (C=O) groups excluding carboxylic acids is 2. The molecular weight excluding hydrogens is 236 g/mol. The van der Waals surface area contributed by atoms with Crippen molar-refractivity contribution < 1.29 is 14.3 Å². The van der Waals surface area contributed by atoms with Crippen molar-refractivity contribution in [1.82, 2.24) is 19.7 Å². The molecule has 0 spiro atoms. The third-order valence-electron chi connectivity index (χ3n) is 2.67. The molecule has 1 atom stereocenters. The second-order valence-electron chi connectivity index (χ2n) is 3.99. The second-order valence-corrected chi connectivity index (χ2v) is 3.99. The molecule has 18 heavy (non-hydrogen) atoms. The molecule has 0 N–H and O–H groups in total. The normalized spacial score (nSPS) is 11.9. The first-order chi connectivity index (χ1) is 8.56. The van der Waals surface area contributed by atoms with Crippen molar-refractivity contribution in [3.05, 3.63) is 12.7 Å². The Morgan fingerprint density at radius 1 is 1.50 bits per heavy atom. The molecule has 0 aliphatic carbocycles. The van der Waals surface area contributed by atoms with Crippen molar-refractivity contribution in [2.75, 3.05) is 20.7 Å². The van der Waals surface area contributed by atoms with E-state index in [0.717, 1.165) is 0 Å².